The Kier molecular flexibility index (Phi) is 5.74. The summed E-state index contributed by atoms with van der Waals surface area (Å²) in [7, 11) is 1.66. The monoisotopic (exact) mass is 349 g/mol. The molecule has 134 valence electrons. The van der Waals surface area contributed by atoms with E-state index in [4.69, 9.17) is 9.47 Å². The molecule has 4 nitrogen and oxygen atoms in total. The maximum Gasteiger partial charge on any atom is 0.257 e. The van der Waals surface area contributed by atoms with Crippen molar-refractivity contribution in [2.45, 2.75) is 13.3 Å². The molecule has 0 aliphatic carbocycles. The lowest BCUT2D eigenvalue weighted by molar-refractivity contribution is -0.123. The van der Waals surface area contributed by atoms with Crippen molar-refractivity contribution in [1.82, 2.24) is 5.32 Å². The van der Waals surface area contributed by atoms with Gasteiger partial charge in [0, 0.05) is 6.54 Å². The van der Waals surface area contributed by atoms with Gasteiger partial charge in [0.05, 0.1) is 7.11 Å². The van der Waals surface area contributed by atoms with E-state index < -0.39 is 0 Å². The molecule has 26 heavy (non-hydrogen) atoms. The Morgan fingerprint density at radius 2 is 1.81 bits per heavy atom. The summed E-state index contributed by atoms with van der Waals surface area (Å²) in [5.74, 6) is 1.40. The molecular weight excluding hydrogens is 326 g/mol. The Morgan fingerprint density at radius 3 is 2.62 bits per heavy atom. The molecule has 1 N–H and O–H groups in total. The van der Waals surface area contributed by atoms with E-state index in [-0.39, 0.29) is 12.5 Å². The molecular formula is C22H23NO3. The fourth-order valence-corrected chi connectivity index (χ4v) is 2.90. The largest absolute Gasteiger partial charge is 0.496 e. The standard InChI is InChI=1S/C22H23NO3/c1-16-7-10-21(25-2)19(13-16)11-12-23-22(24)15-26-20-9-8-17-5-3-4-6-18(17)14-20/h3-10,13-14H,11-12,15H2,1-2H3,(H,23,24). The molecule has 0 bridgehead atoms. The van der Waals surface area contributed by atoms with Crippen LogP contribution in [-0.4, -0.2) is 26.2 Å². The molecule has 3 aromatic carbocycles. The van der Waals surface area contributed by atoms with Crippen LogP contribution in [0.5, 0.6) is 11.5 Å². The first-order chi connectivity index (χ1) is 12.7. The van der Waals surface area contributed by atoms with Gasteiger partial charge in [0.1, 0.15) is 11.5 Å². The first kappa shape index (κ1) is 17.8. The molecule has 0 atom stereocenters. The van der Waals surface area contributed by atoms with Crippen LogP contribution in [0.3, 0.4) is 0 Å². The summed E-state index contributed by atoms with van der Waals surface area (Å²) in [4.78, 5) is 12.0. The number of carbonyl (C=O) groups excluding carboxylic acids is 1. The van der Waals surface area contributed by atoms with Crippen LogP contribution in [0.15, 0.2) is 60.7 Å². The normalized spacial score (nSPS) is 10.5. The van der Waals surface area contributed by atoms with Crippen LogP contribution < -0.4 is 14.8 Å². The van der Waals surface area contributed by atoms with Crippen LogP contribution in [-0.2, 0) is 11.2 Å². The lowest BCUT2D eigenvalue weighted by Gasteiger charge is -2.11. The molecule has 1 amide bonds. The molecule has 0 saturated heterocycles. The van der Waals surface area contributed by atoms with E-state index in [1.165, 1.54) is 5.56 Å². The predicted octanol–water partition coefficient (Wildman–Crippen LogP) is 3.89. The number of rotatable bonds is 7. The van der Waals surface area contributed by atoms with E-state index >= 15 is 0 Å². The minimum absolute atomic E-state index is 0.00327. The van der Waals surface area contributed by atoms with Gasteiger partial charge in [-0.3, -0.25) is 4.79 Å². The molecule has 0 radical (unpaired) electrons. The number of carbonyl (C=O) groups is 1. The van der Waals surface area contributed by atoms with Crippen molar-refractivity contribution >= 4 is 16.7 Å². The van der Waals surface area contributed by atoms with Crippen molar-refractivity contribution in [3.8, 4) is 11.5 Å². The van der Waals surface area contributed by atoms with Crippen LogP contribution in [0.4, 0.5) is 0 Å². The van der Waals surface area contributed by atoms with Crippen LogP contribution in [0, 0.1) is 6.92 Å². The van der Waals surface area contributed by atoms with Gasteiger partial charge in [-0.1, -0.05) is 48.0 Å². The summed E-state index contributed by atoms with van der Waals surface area (Å²) in [5, 5.41) is 5.13. The van der Waals surface area contributed by atoms with Gasteiger partial charge in [0.25, 0.3) is 5.91 Å². The molecule has 0 saturated carbocycles. The molecule has 0 spiro atoms. The van der Waals surface area contributed by atoms with Gasteiger partial charge >= 0.3 is 0 Å². The second-order valence-electron chi connectivity index (χ2n) is 6.21. The van der Waals surface area contributed by atoms with Crippen molar-refractivity contribution in [2.75, 3.05) is 20.3 Å². The van der Waals surface area contributed by atoms with Gasteiger partial charge < -0.3 is 14.8 Å². The second-order valence-corrected chi connectivity index (χ2v) is 6.21. The van der Waals surface area contributed by atoms with Crippen molar-refractivity contribution < 1.29 is 14.3 Å². The highest BCUT2D eigenvalue weighted by atomic mass is 16.5. The van der Waals surface area contributed by atoms with Gasteiger partial charge in [-0.25, -0.2) is 0 Å². The minimum atomic E-state index is -0.134. The lowest BCUT2D eigenvalue weighted by Crippen LogP contribution is -2.30. The molecule has 0 fully saturated rings. The zero-order valence-electron chi connectivity index (χ0n) is 15.1. The number of nitrogens with one attached hydrogen (secondary N) is 1. The summed E-state index contributed by atoms with van der Waals surface area (Å²) in [6.45, 7) is 2.59. The average molecular weight is 349 g/mol. The van der Waals surface area contributed by atoms with E-state index in [0.717, 1.165) is 22.1 Å². The summed E-state index contributed by atoms with van der Waals surface area (Å²) >= 11 is 0. The van der Waals surface area contributed by atoms with E-state index in [1.807, 2.05) is 61.5 Å². The zero-order chi connectivity index (χ0) is 18.4. The molecule has 0 unspecified atom stereocenters. The fraction of sp³-hybridized carbons (Fsp3) is 0.227. The highest BCUT2D eigenvalue weighted by Gasteiger charge is 2.06. The molecule has 4 heteroatoms. The first-order valence-corrected chi connectivity index (χ1v) is 8.67. The number of hydrogen-bond acceptors (Lipinski definition) is 3. The maximum absolute atomic E-state index is 12.0. The third-order valence-corrected chi connectivity index (χ3v) is 4.24. The second kappa shape index (κ2) is 8.39. The summed E-state index contributed by atoms with van der Waals surface area (Å²) < 4.78 is 11.0. The molecule has 0 aliphatic heterocycles. The Labute approximate surface area is 153 Å². The summed E-state index contributed by atoms with van der Waals surface area (Å²) in [6, 6.07) is 19.9. The van der Waals surface area contributed by atoms with Gasteiger partial charge in [0.2, 0.25) is 0 Å². The molecule has 0 aliphatic rings. The van der Waals surface area contributed by atoms with E-state index in [0.29, 0.717) is 18.7 Å². The van der Waals surface area contributed by atoms with Crippen LogP contribution >= 0.6 is 0 Å². The van der Waals surface area contributed by atoms with E-state index in [1.54, 1.807) is 7.11 Å². The lowest BCUT2D eigenvalue weighted by atomic mass is 10.1. The van der Waals surface area contributed by atoms with Crippen LogP contribution in [0.1, 0.15) is 11.1 Å². The molecule has 3 aromatic rings. The fourth-order valence-electron chi connectivity index (χ4n) is 2.90. The number of methoxy groups -OCH3 is 1. The first-order valence-electron chi connectivity index (χ1n) is 8.67. The Bertz CT molecular complexity index is 905. The molecule has 0 aromatic heterocycles. The predicted molar refractivity (Wildman–Crippen MR) is 104 cm³/mol. The Morgan fingerprint density at radius 1 is 1.00 bits per heavy atom. The number of benzene rings is 3. The van der Waals surface area contributed by atoms with Gasteiger partial charge in [-0.15, -0.1) is 0 Å². The van der Waals surface area contributed by atoms with Crippen molar-refractivity contribution in [1.29, 1.82) is 0 Å². The summed E-state index contributed by atoms with van der Waals surface area (Å²) in [5.41, 5.74) is 2.26. The molecule has 3 rings (SSSR count). The zero-order valence-corrected chi connectivity index (χ0v) is 15.1. The smallest absolute Gasteiger partial charge is 0.257 e. The minimum Gasteiger partial charge on any atom is -0.496 e. The quantitative estimate of drug-likeness (QED) is 0.704. The number of ether oxygens (including phenoxy) is 2. The van der Waals surface area contributed by atoms with E-state index in [9.17, 15) is 4.79 Å². The van der Waals surface area contributed by atoms with E-state index in [2.05, 4.69) is 11.4 Å². The van der Waals surface area contributed by atoms with Crippen molar-refractivity contribution in [2.24, 2.45) is 0 Å². The SMILES string of the molecule is COc1ccc(C)cc1CCNC(=O)COc1ccc2ccccc2c1. The number of amides is 1. The van der Waals surface area contributed by atoms with Crippen molar-refractivity contribution in [3.05, 3.63) is 71.8 Å². The highest BCUT2D eigenvalue weighted by molar-refractivity contribution is 5.84. The number of fused-ring (bicyclic) bond motifs is 1. The number of hydrogen-bond donors (Lipinski definition) is 1. The molecule has 0 heterocycles. The Hall–Kier alpha value is -3.01. The van der Waals surface area contributed by atoms with Gasteiger partial charge in [-0.05, 0) is 47.9 Å². The van der Waals surface area contributed by atoms with Crippen LogP contribution in [0.25, 0.3) is 10.8 Å². The average Bonchev–Trinajstić information content (AvgIpc) is 2.66. The number of aryl methyl sites for hydroxylation is 1. The maximum atomic E-state index is 12.0. The summed E-state index contributed by atoms with van der Waals surface area (Å²) in [6.07, 6.45) is 0.715. The topological polar surface area (TPSA) is 47.6 Å². The van der Waals surface area contributed by atoms with Gasteiger partial charge in [0.15, 0.2) is 6.61 Å². The van der Waals surface area contributed by atoms with Crippen LogP contribution in [0.2, 0.25) is 0 Å². The highest BCUT2D eigenvalue weighted by Crippen LogP contribution is 2.21. The Balaban J connectivity index is 1.49. The third-order valence-electron chi connectivity index (χ3n) is 4.24. The van der Waals surface area contributed by atoms with Gasteiger partial charge in [-0.2, -0.15) is 0 Å². The van der Waals surface area contributed by atoms with Crippen molar-refractivity contribution in [3.63, 3.8) is 0 Å². The third kappa shape index (κ3) is 4.54.